The van der Waals surface area contributed by atoms with Crippen molar-refractivity contribution in [3.8, 4) is 0 Å². The molecule has 13 heavy (non-hydrogen) atoms. The molecule has 0 radical (unpaired) electrons. The largest absolute Gasteiger partial charge is 0.337 e. The van der Waals surface area contributed by atoms with Gasteiger partial charge in [0, 0.05) is 19.0 Å². The maximum atomic E-state index is 11.5. The average Bonchev–Trinajstić information content (AvgIpc) is 2.90. The summed E-state index contributed by atoms with van der Waals surface area (Å²) in [6.45, 7) is 1.73. The number of rotatable bonds is 2. The Morgan fingerprint density at radius 2 is 1.54 bits per heavy atom. The summed E-state index contributed by atoms with van der Waals surface area (Å²) >= 11 is 0. The van der Waals surface area contributed by atoms with Crippen LogP contribution in [0, 0.1) is 0 Å². The van der Waals surface area contributed by atoms with Gasteiger partial charge in [-0.05, 0) is 25.7 Å². The number of amides is 1. The Balaban J connectivity index is 1.96. The van der Waals surface area contributed by atoms with Crippen LogP contribution >= 0.6 is 0 Å². The van der Waals surface area contributed by atoms with E-state index in [0.717, 1.165) is 0 Å². The van der Waals surface area contributed by atoms with Crippen LogP contribution < -0.4 is 0 Å². The highest BCUT2D eigenvalue weighted by molar-refractivity contribution is 5.74. The first-order valence-corrected chi connectivity index (χ1v) is 5.58. The third-order valence-electron chi connectivity index (χ3n) is 3.27. The van der Waals surface area contributed by atoms with Crippen molar-refractivity contribution in [3.63, 3.8) is 0 Å². The summed E-state index contributed by atoms with van der Waals surface area (Å²) in [4.78, 5) is 13.6. The van der Waals surface area contributed by atoms with Crippen LogP contribution in [-0.4, -0.2) is 22.9 Å². The van der Waals surface area contributed by atoms with Crippen LogP contribution in [0.4, 0.5) is 0 Å². The van der Waals surface area contributed by atoms with Crippen molar-refractivity contribution in [1.29, 1.82) is 0 Å². The topological polar surface area (TPSA) is 20.3 Å². The van der Waals surface area contributed by atoms with E-state index in [0.29, 0.717) is 18.0 Å². The molecule has 0 N–H and O–H groups in total. The highest BCUT2D eigenvalue weighted by Crippen LogP contribution is 2.33. The highest BCUT2D eigenvalue weighted by Gasteiger charge is 2.35. The van der Waals surface area contributed by atoms with Crippen molar-refractivity contribution in [2.24, 2.45) is 0 Å². The van der Waals surface area contributed by atoms with Crippen molar-refractivity contribution >= 4 is 5.91 Å². The second kappa shape index (κ2) is 3.69. The lowest BCUT2D eigenvalue weighted by Crippen LogP contribution is -2.41. The fourth-order valence-corrected chi connectivity index (χ4v) is 2.52. The second-order valence-corrected chi connectivity index (χ2v) is 4.45. The zero-order valence-electron chi connectivity index (χ0n) is 8.46. The van der Waals surface area contributed by atoms with Crippen LogP contribution in [0.1, 0.15) is 51.9 Å². The number of hydrogen-bond acceptors (Lipinski definition) is 1. The summed E-state index contributed by atoms with van der Waals surface area (Å²) in [5.41, 5.74) is 0. The van der Waals surface area contributed by atoms with Crippen LogP contribution in [-0.2, 0) is 4.79 Å². The van der Waals surface area contributed by atoms with Gasteiger partial charge in [-0.2, -0.15) is 0 Å². The van der Waals surface area contributed by atoms with E-state index in [-0.39, 0.29) is 0 Å². The van der Waals surface area contributed by atoms with Gasteiger partial charge in [0.1, 0.15) is 0 Å². The molecule has 0 saturated heterocycles. The monoisotopic (exact) mass is 181 g/mol. The molecule has 2 rings (SSSR count). The Kier molecular flexibility index (Phi) is 2.56. The predicted octanol–water partition coefficient (Wildman–Crippen LogP) is 2.33. The normalized spacial score (nSPS) is 24.4. The van der Waals surface area contributed by atoms with E-state index in [4.69, 9.17) is 0 Å². The first-order valence-electron chi connectivity index (χ1n) is 5.58. The van der Waals surface area contributed by atoms with E-state index in [9.17, 15) is 4.79 Å². The summed E-state index contributed by atoms with van der Waals surface area (Å²) < 4.78 is 0. The first kappa shape index (κ1) is 9.04. The molecule has 0 spiro atoms. The van der Waals surface area contributed by atoms with Gasteiger partial charge in [0.2, 0.25) is 5.91 Å². The summed E-state index contributed by atoms with van der Waals surface area (Å²) in [6, 6.07) is 1.19. The van der Waals surface area contributed by atoms with Crippen LogP contribution in [0.5, 0.6) is 0 Å². The Bertz CT molecular complexity index is 192. The van der Waals surface area contributed by atoms with E-state index in [1.807, 2.05) is 0 Å². The van der Waals surface area contributed by atoms with Gasteiger partial charge in [-0.25, -0.2) is 0 Å². The molecule has 0 aliphatic heterocycles. The van der Waals surface area contributed by atoms with Gasteiger partial charge in [-0.3, -0.25) is 4.79 Å². The molecule has 0 aromatic carbocycles. The van der Waals surface area contributed by atoms with Gasteiger partial charge < -0.3 is 4.90 Å². The molecule has 74 valence electrons. The summed E-state index contributed by atoms with van der Waals surface area (Å²) in [7, 11) is 0. The van der Waals surface area contributed by atoms with E-state index < -0.39 is 0 Å². The molecule has 0 bridgehead atoms. The van der Waals surface area contributed by atoms with Crippen molar-refractivity contribution < 1.29 is 4.79 Å². The number of hydrogen-bond donors (Lipinski definition) is 0. The summed E-state index contributed by atoms with van der Waals surface area (Å²) in [6.07, 6.45) is 8.99. The minimum Gasteiger partial charge on any atom is -0.337 e. The third-order valence-corrected chi connectivity index (χ3v) is 3.27. The molecule has 2 fully saturated rings. The second-order valence-electron chi connectivity index (χ2n) is 4.45. The zero-order valence-corrected chi connectivity index (χ0v) is 8.46. The standard InChI is InChI=1S/C11H19NO/c1-9(13)12(11-7-8-11)10-5-3-2-4-6-10/h10-11H,2-8H2,1H3. The maximum absolute atomic E-state index is 11.5. The molecule has 2 nitrogen and oxygen atoms in total. The third kappa shape index (κ3) is 2.04. The minimum absolute atomic E-state index is 0.300. The molecule has 2 aliphatic carbocycles. The SMILES string of the molecule is CC(=O)N(C1CCCCC1)C1CC1. The fourth-order valence-electron chi connectivity index (χ4n) is 2.52. The molecular weight excluding hydrogens is 162 g/mol. The molecule has 1 amide bonds. The Labute approximate surface area is 80.3 Å². The lowest BCUT2D eigenvalue weighted by molar-refractivity contribution is -0.132. The molecular formula is C11H19NO. The van der Waals surface area contributed by atoms with Crippen molar-refractivity contribution in [2.45, 2.75) is 64.0 Å². The van der Waals surface area contributed by atoms with Crippen LogP contribution in [0.25, 0.3) is 0 Å². The lowest BCUT2D eigenvalue weighted by atomic mass is 9.94. The molecule has 2 aliphatic rings. The van der Waals surface area contributed by atoms with Crippen LogP contribution in [0.15, 0.2) is 0 Å². The predicted molar refractivity (Wildman–Crippen MR) is 52.4 cm³/mol. The molecule has 0 aromatic rings. The van der Waals surface area contributed by atoms with Crippen LogP contribution in [0.3, 0.4) is 0 Å². The van der Waals surface area contributed by atoms with Crippen molar-refractivity contribution in [3.05, 3.63) is 0 Å². The Hall–Kier alpha value is -0.530. The molecule has 2 heteroatoms. The fraction of sp³-hybridized carbons (Fsp3) is 0.909. The van der Waals surface area contributed by atoms with Gasteiger partial charge >= 0.3 is 0 Å². The smallest absolute Gasteiger partial charge is 0.219 e. The quantitative estimate of drug-likeness (QED) is 0.640. The Morgan fingerprint density at radius 1 is 1.00 bits per heavy atom. The average molecular weight is 181 g/mol. The van der Waals surface area contributed by atoms with E-state index in [2.05, 4.69) is 4.90 Å². The van der Waals surface area contributed by atoms with Gasteiger partial charge in [-0.15, -0.1) is 0 Å². The number of nitrogens with zero attached hydrogens (tertiary/aromatic N) is 1. The zero-order chi connectivity index (χ0) is 9.26. The molecule has 0 atom stereocenters. The highest BCUT2D eigenvalue weighted by atomic mass is 16.2. The van der Waals surface area contributed by atoms with Gasteiger partial charge in [0.05, 0.1) is 0 Å². The molecule has 2 saturated carbocycles. The van der Waals surface area contributed by atoms with Gasteiger partial charge in [-0.1, -0.05) is 19.3 Å². The minimum atomic E-state index is 0.300. The van der Waals surface area contributed by atoms with Crippen molar-refractivity contribution in [2.75, 3.05) is 0 Å². The first-order chi connectivity index (χ1) is 6.29. The van der Waals surface area contributed by atoms with E-state index in [1.54, 1.807) is 6.92 Å². The lowest BCUT2D eigenvalue weighted by Gasteiger charge is -2.33. The summed E-state index contributed by atoms with van der Waals surface area (Å²) in [5.74, 6) is 0.300. The Morgan fingerprint density at radius 3 is 2.00 bits per heavy atom. The molecule has 0 aromatic heterocycles. The number of carbonyl (C=O) groups is 1. The van der Waals surface area contributed by atoms with Crippen molar-refractivity contribution in [1.82, 2.24) is 4.90 Å². The van der Waals surface area contributed by atoms with Crippen LogP contribution in [0.2, 0.25) is 0 Å². The maximum Gasteiger partial charge on any atom is 0.219 e. The van der Waals surface area contributed by atoms with E-state index in [1.165, 1.54) is 44.9 Å². The molecule has 0 unspecified atom stereocenters. The molecule has 0 heterocycles. The number of carbonyl (C=O) groups excluding carboxylic acids is 1. The summed E-state index contributed by atoms with van der Waals surface area (Å²) in [5, 5.41) is 0. The van der Waals surface area contributed by atoms with E-state index >= 15 is 0 Å². The van der Waals surface area contributed by atoms with Gasteiger partial charge in [0.15, 0.2) is 0 Å². The van der Waals surface area contributed by atoms with Gasteiger partial charge in [0.25, 0.3) is 0 Å².